The number of hydrogen-bond donors (Lipinski definition) is 1. The molecule has 0 bridgehead atoms. The van der Waals surface area contributed by atoms with Gasteiger partial charge in [-0.3, -0.25) is 14.3 Å². The lowest BCUT2D eigenvalue weighted by molar-refractivity contribution is -0.161. The van der Waals surface area contributed by atoms with E-state index >= 15 is 0 Å². The Labute approximate surface area is 234 Å². The zero-order valence-corrected chi connectivity index (χ0v) is 24.3. The third-order valence-corrected chi connectivity index (χ3v) is 6.31. The van der Waals surface area contributed by atoms with Crippen molar-refractivity contribution in [3.63, 3.8) is 0 Å². The predicted molar refractivity (Wildman–Crippen MR) is 152 cm³/mol. The van der Waals surface area contributed by atoms with Crippen LogP contribution >= 0.6 is 0 Å². The Balaban J connectivity index is 1.56. The molecule has 0 saturated carbocycles. The summed E-state index contributed by atoms with van der Waals surface area (Å²) in [6.07, 6.45) is 6.89. The first kappa shape index (κ1) is 28.9. The lowest BCUT2D eigenvalue weighted by Crippen LogP contribution is -2.33. The van der Waals surface area contributed by atoms with E-state index in [4.69, 9.17) is 14.5 Å². The molecule has 0 fully saturated rings. The van der Waals surface area contributed by atoms with E-state index in [1.165, 1.54) is 4.57 Å². The Bertz CT molecular complexity index is 1450. The van der Waals surface area contributed by atoms with Gasteiger partial charge in [0, 0.05) is 40.8 Å². The summed E-state index contributed by atoms with van der Waals surface area (Å²) in [5.74, 6) is -0.517. The van der Waals surface area contributed by atoms with Crippen molar-refractivity contribution in [1.29, 1.82) is 0 Å². The van der Waals surface area contributed by atoms with Crippen molar-refractivity contribution < 1.29 is 19.1 Å². The van der Waals surface area contributed by atoms with Crippen LogP contribution in [0.2, 0.25) is 0 Å². The largest absolute Gasteiger partial charge is 0.460 e. The number of benzene rings is 1. The number of H-pyrrole nitrogens is 1. The molecule has 0 amide bonds. The van der Waals surface area contributed by atoms with Gasteiger partial charge < -0.3 is 9.47 Å². The third-order valence-electron chi connectivity index (χ3n) is 6.31. The average Bonchev–Trinajstić information content (AvgIpc) is 3.54. The maximum Gasteiger partial charge on any atom is 0.418 e. The lowest BCUT2D eigenvalue weighted by atomic mass is 9.83. The number of esters is 1. The van der Waals surface area contributed by atoms with E-state index < -0.39 is 23.2 Å². The second-order valence-corrected chi connectivity index (χ2v) is 12.1. The summed E-state index contributed by atoms with van der Waals surface area (Å²) in [7, 11) is 0. The SMILES string of the molecule is CCC[C@H](C(=O)OC(C)(C)C)[C@H](Cc1ccc(-c2ccc3cn(C(=O)OC(C)(C)C)cc3c2)nc1)c1nn[nH]n1. The number of rotatable bonds is 8. The van der Waals surface area contributed by atoms with Gasteiger partial charge in [-0.05, 0) is 72.1 Å². The first-order valence-electron chi connectivity index (χ1n) is 13.6. The summed E-state index contributed by atoms with van der Waals surface area (Å²) >= 11 is 0. The molecule has 0 unspecified atom stereocenters. The minimum Gasteiger partial charge on any atom is -0.460 e. The number of aromatic nitrogens is 6. The number of pyridine rings is 1. The molecule has 0 spiro atoms. The van der Waals surface area contributed by atoms with Crippen LogP contribution in [0.3, 0.4) is 0 Å². The van der Waals surface area contributed by atoms with Gasteiger partial charge >= 0.3 is 12.1 Å². The number of fused-ring (bicyclic) bond motifs is 1. The van der Waals surface area contributed by atoms with Crippen LogP contribution in [0.5, 0.6) is 0 Å². The Hall–Kier alpha value is -4.08. The maximum absolute atomic E-state index is 13.2. The van der Waals surface area contributed by atoms with Crippen LogP contribution in [0.15, 0.2) is 48.9 Å². The summed E-state index contributed by atoms with van der Waals surface area (Å²) in [6, 6.07) is 9.90. The van der Waals surface area contributed by atoms with E-state index in [0.29, 0.717) is 18.7 Å². The molecule has 40 heavy (non-hydrogen) atoms. The average molecular weight is 547 g/mol. The molecular formula is C30H38N6O4. The normalized spacial score (nSPS) is 13.7. The quantitative estimate of drug-likeness (QED) is 0.264. The zero-order valence-electron chi connectivity index (χ0n) is 24.3. The molecule has 10 nitrogen and oxygen atoms in total. The van der Waals surface area contributed by atoms with Crippen molar-refractivity contribution in [1.82, 2.24) is 30.2 Å². The fourth-order valence-electron chi connectivity index (χ4n) is 4.60. The second-order valence-electron chi connectivity index (χ2n) is 12.1. The van der Waals surface area contributed by atoms with E-state index in [-0.39, 0.29) is 11.9 Å². The van der Waals surface area contributed by atoms with Crippen LogP contribution in [0, 0.1) is 5.92 Å². The Morgan fingerprint density at radius 1 is 0.975 bits per heavy atom. The maximum atomic E-state index is 13.2. The molecule has 0 saturated heterocycles. The van der Waals surface area contributed by atoms with E-state index in [2.05, 4.69) is 20.6 Å². The number of nitrogens with zero attached hydrogens (tertiary/aromatic N) is 5. The molecule has 3 heterocycles. The van der Waals surface area contributed by atoms with Crippen molar-refractivity contribution in [3.05, 3.63) is 60.3 Å². The van der Waals surface area contributed by atoms with Gasteiger partial charge in [0.15, 0.2) is 5.82 Å². The van der Waals surface area contributed by atoms with Crippen LogP contribution in [0.4, 0.5) is 4.79 Å². The molecule has 0 radical (unpaired) electrons. The number of aromatic amines is 1. The Kier molecular flexibility index (Phi) is 8.37. The van der Waals surface area contributed by atoms with Crippen molar-refractivity contribution >= 4 is 22.8 Å². The van der Waals surface area contributed by atoms with E-state index in [0.717, 1.165) is 34.0 Å². The molecule has 1 N–H and O–H groups in total. The number of tetrazole rings is 1. The van der Waals surface area contributed by atoms with Crippen LogP contribution in [0.1, 0.15) is 78.6 Å². The molecule has 10 heteroatoms. The van der Waals surface area contributed by atoms with E-state index in [9.17, 15) is 9.59 Å². The number of carbonyl (C=O) groups is 2. The molecule has 4 rings (SSSR count). The van der Waals surface area contributed by atoms with Gasteiger partial charge in [-0.25, -0.2) is 4.79 Å². The Morgan fingerprint density at radius 3 is 2.30 bits per heavy atom. The number of ether oxygens (including phenoxy) is 2. The molecule has 0 aliphatic heterocycles. The standard InChI is InChI=1S/C30H38N6O4/c1-8-9-23(27(37)39-29(2,3)4)24(26-32-34-35-33-26)14-19-10-13-25(31-16-19)20-11-12-21-17-36(18-22(21)15-20)28(38)40-30(5,6)7/h10-13,15-18,23-24H,8-9,14H2,1-7H3,(H,32,33,34,35)/t23-,24-/m0/s1. The summed E-state index contributed by atoms with van der Waals surface area (Å²) in [6.45, 7) is 13.2. The highest BCUT2D eigenvalue weighted by molar-refractivity contribution is 5.90. The number of nitrogens with one attached hydrogen (secondary N) is 1. The number of hydrogen-bond acceptors (Lipinski definition) is 8. The van der Waals surface area contributed by atoms with Gasteiger partial charge in [-0.15, -0.1) is 10.2 Å². The molecule has 212 valence electrons. The lowest BCUT2D eigenvalue weighted by Gasteiger charge is -2.27. The first-order chi connectivity index (χ1) is 18.8. The van der Waals surface area contributed by atoms with Crippen molar-refractivity contribution in [2.45, 2.75) is 84.8 Å². The smallest absolute Gasteiger partial charge is 0.418 e. The zero-order chi connectivity index (χ0) is 29.1. The fourth-order valence-corrected chi connectivity index (χ4v) is 4.60. The monoisotopic (exact) mass is 546 g/mol. The second kappa shape index (κ2) is 11.6. The van der Waals surface area contributed by atoms with Gasteiger partial charge in [0.2, 0.25) is 0 Å². The minimum atomic E-state index is -0.594. The molecule has 3 aromatic heterocycles. The van der Waals surface area contributed by atoms with Crippen molar-refractivity contribution in [2.24, 2.45) is 5.92 Å². The van der Waals surface area contributed by atoms with Crippen LogP contribution in [0.25, 0.3) is 22.0 Å². The molecular weight excluding hydrogens is 508 g/mol. The molecule has 0 aliphatic rings. The minimum absolute atomic E-state index is 0.264. The molecule has 0 aliphatic carbocycles. The summed E-state index contributed by atoms with van der Waals surface area (Å²) < 4.78 is 12.7. The number of carbonyl (C=O) groups excluding carboxylic acids is 2. The highest BCUT2D eigenvalue weighted by Crippen LogP contribution is 2.32. The van der Waals surface area contributed by atoms with Gasteiger partial charge in [0.1, 0.15) is 11.2 Å². The van der Waals surface area contributed by atoms with Crippen molar-refractivity contribution in [3.8, 4) is 11.3 Å². The van der Waals surface area contributed by atoms with Gasteiger partial charge in [0.25, 0.3) is 0 Å². The highest BCUT2D eigenvalue weighted by Gasteiger charge is 2.35. The van der Waals surface area contributed by atoms with Gasteiger partial charge in [-0.1, -0.05) is 36.8 Å². The van der Waals surface area contributed by atoms with E-state index in [1.807, 2.05) is 85.0 Å². The predicted octanol–water partition coefficient (Wildman–Crippen LogP) is 6.08. The third kappa shape index (κ3) is 7.31. The fraction of sp³-hybridized carbons (Fsp3) is 0.467. The summed E-state index contributed by atoms with van der Waals surface area (Å²) in [5.41, 5.74) is 1.50. The van der Waals surface area contributed by atoms with E-state index in [1.54, 1.807) is 12.4 Å². The van der Waals surface area contributed by atoms with Crippen LogP contribution in [-0.2, 0) is 20.7 Å². The topological polar surface area (TPSA) is 125 Å². The van der Waals surface area contributed by atoms with Gasteiger partial charge in [0.05, 0.1) is 11.6 Å². The molecule has 1 aromatic carbocycles. The highest BCUT2D eigenvalue weighted by atomic mass is 16.6. The van der Waals surface area contributed by atoms with Crippen molar-refractivity contribution in [2.75, 3.05) is 0 Å². The van der Waals surface area contributed by atoms with Gasteiger partial charge in [-0.2, -0.15) is 5.21 Å². The Morgan fingerprint density at radius 2 is 1.70 bits per heavy atom. The molecule has 2 atom stereocenters. The molecule has 4 aromatic rings. The van der Waals surface area contributed by atoms with Crippen LogP contribution in [-0.4, -0.2) is 53.4 Å². The summed E-state index contributed by atoms with van der Waals surface area (Å²) in [5, 5.41) is 16.5. The first-order valence-corrected chi connectivity index (χ1v) is 13.6. The van der Waals surface area contributed by atoms with Crippen LogP contribution < -0.4 is 0 Å². The summed E-state index contributed by atoms with van der Waals surface area (Å²) in [4.78, 5) is 30.4.